The van der Waals surface area contributed by atoms with Gasteiger partial charge in [-0.15, -0.1) is 0 Å². The van der Waals surface area contributed by atoms with E-state index in [1.807, 2.05) is 32.3 Å². The third-order valence-corrected chi connectivity index (χ3v) is 4.65. The Hall–Kier alpha value is -1.87. The van der Waals surface area contributed by atoms with Crippen molar-refractivity contribution in [3.05, 3.63) is 48.0 Å². The van der Waals surface area contributed by atoms with E-state index in [1.165, 1.54) is 0 Å². The number of hydrogen-bond donors (Lipinski definition) is 1. The van der Waals surface area contributed by atoms with E-state index in [1.54, 1.807) is 0 Å². The second-order valence-corrected chi connectivity index (χ2v) is 6.57. The topological polar surface area (TPSA) is 46.3 Å². The third-order valence-electron chi connectivity index (χ3n) is 4.65. The Bertz CT molecular complexity index is 658. The quantitative estimate of drug-likeness (QED) is 0.890. The second kappa shape index (κ2) is 6.49. The molecule has 2 N–H and O–H groups in total. The van der Waals surface area contributed by atoms with Crippen LogP contribution in [0.25, 0.3) is 10.8 Å². The number of amides is 1. The van der Waals surface area contributed by atoms with Crippen molar-refractivity contribution in [3.63, 3.8) is 0 Å². The Kier molecular flexibility index (Phi) is 4.87. The molecular formula is C19H26N2O. The summed E-state index contributed by atoms with van der Waals surface area (Å²) < 4.78 is 0. The van der Waals surface area contributed by atoms with E-state index in [0.29, 0.717) is 0 Å². The van der Waals surface area contributed by atoms with Crippen LogP contribution in [0.4, 0.5) is 0 Å². The van der Waals surface area contributed by atoms with Gasteiger partial charge < -0.3 is 10.6 Å². The lowest BCUT2D eigenvalue weighted by Gasteiger charge is -2.37. The van der Waals surface area contributed by atoms with Crippen LogP contribution in [0.3, 0.4) is 0 Å². The summed E-state index contributed by atoms with van der Waals surface area (Å²) in [6.07, 6.45) is 0.723. The summed E-state index contributed by atoms with van der Waals surface area (Å²) >= 11 is 0. The predicted molar refractivity (Wildman–Crippen MR) is 92.8 cm³/mol. The van der Waals surface area contributed by atoms with Gasteiger partial charge in [-0.3, -0.25) is 4.79 Å². The number of primary amides is 1. The highest BCUT2D eigenvalue weighted by atomic mass is 16.1. The first-order chi connectivity index (χ1) is 10.4. The van der Waals surface area contributed by atoms with Gasteiger partial charge in [0.1, 0.15) is 0 Å². The van der Waals surface area contributed by atoms with Crippen molar-refractivity contribution >= 4 is 16.7 Å². The number of rotatable bonds is 6. The van der Waals surface area contributed by atoms with Gasteiger partial charge in [-0.05, 0) is 49.3 Å². The predicted octanol–water partition coefficient (Wildman–Crippen LogP) is 3.17. The van der Waals surface area contributed by atoms with Crippen molar-refractivity contribution < 1.29 is 4.79 Å². The maximum atomic E-state index is 12.5. The van der Waals surface area contributed by atoms with Crippen molar-refractivity contribution in [1.29, 1.82) is 0 Å². The molecule has 0 heterocycles. The first-order valence-electron chi connectivity index (χ1n) is 7.82. The maximum Gasteiger partial charge on any atom is 0.228 e. The molecule has 0 unspecified atom stereocenters. The summed E-state index contributed by atoms with van der Waals surface area (Å²) in [6, 6.07) is 14.4. The summed E-state index contributed by atoms with van der Waals surface area (Å²) in [5, 5.41) is 2.27. The zero-order chi connectivity index (χ0) is 16.3. The number of hydrogen-bond acceptors (Lipinski definition) is 2. The summed E-state index contributed by atoms with van der Waals surface area (Å²) in [7, 11) is 4.05. The molecule has 0 bridgehead atoms. The van der Waals surface area contributed by atoms with Crippen LogP contribution < -0.4 is 5.73 Å². The van der Waals surface area contributed by atoms with Crippen LogP contribution in [-0.2, 0) is 10.2 Å². The summed E-state index contributed by atoms with van der Waals surface area (Å²) in [5.41, 5.74) is 6.33. The molecular weight excluding hydrogens is 272 g/mol. The van der Waals surface area contributed by atoms with Gasteiger partial charge in [0.05, 0.1) is 5.41 Å². The smallest absolute Gasteiger partial charge is 0.228 e. The molecule has 1 atom stereocenters. The number of benzene rings is 2. The average Bonchev–Trinajstić information content (AvgIpc) is 2.47. The fourth-order valence-corrected chi connectivity index (χ4v) is 3.29. The molecule has 0 aliphatic heterocycles. The third kappa shape index (κ3) is 2.86. The van der Waals surface area contributed by atoms with E-state index in [2.05, 4.69) is 43.0 Å². The Balaban J connectivity index is 2.68. The first-order valence-corrected chi connectivity index (χ1v) is 7.82. The van der Waals surface area contributed by atoms with Gasteiger partial charge >= 0.3 is 0 Å². The van der Waals surface area contributed by atoms with E-state index >= 15 is 0 Å². The van der Waals surface area contributed by atoms with E-state index < -0.39 is 5.41 Å². The summed E-state index contributed by atoms with van der Waals surface area (Å²) in [5.74, 6) is -0.101. The second-order valence-electron chi connectivity index (χ2n) is 6.57. The summed E-state index contributed by atoms with van der Waals surface area (Å²) in [4.78, 5) is 14.6. The lowest BCUT2D eigenvalue weighted by Crippen LogP contribution is -2.47. The molecule has 0 fully saturated rings. The lowest BCUT2D eigenvalue weighted by atomic mass is 9.67. The Labute approximate surface area is 133 Å². The van der Waals surface area contributed by atoms with Gasteiger partial charge in [0, 0.05) is 0 Å². The maximum absolute atomic E-state index is 12.5. The van der Waals surface area contributed by atoms with Gasteiger partial charge in [0.2, 0.25) is 5.91 Å². The van der Waals surface area contributed by atoms with Gasteiger partial charge in [0.25, 0.3) is 0 Å². The van der Waals surface area contributed by atoms with Crippen LogP contribution in [0.2, 0.25) is 0 Å². The molecule has 3 heteroatoms. The highest BCUT2D eigenvalue weighted by Crippen LogP contribution is 2.39. The zero-order valence-electron chi connectivity index (χ0n) is 14.0. The fraction of sp³-hybridized carbons (Fsp3) is 0.421. The first kappa shape index (κ1) is 16.5. The monoisotopic (exact) mass is 298 g/mol. The van der Waals surface area contributed by atoms with Crippen LogP contribution in [0.1, 0.15) is 25.8 Å². The minimum absolute atomic E-state index is 0.135. The molecule has 118 valence electrons. The standard InChI is InChI=1S/C19H26N2O/c1-14(2)19(18(20)22,12-13-21(3)4)17-11-7-9-15-8-5-6-10-16(15)17/h5-11,14H,12-13H2,1-4H3,(H2,20,22)/t19-/m0/s1. The number of fused-ring (bicyclic) bond motifs is 1. The Morgan fingerprint density at radius 3 is 2.36 bits per heavy atom. The van der Waals surface area contributed by atoms with Crippen molar-refractivity contribution in [1.82, 2.24) is 4.90 Å². The number of nitrogens with two attached hydrogens (primary N) is 1. The minimum Gasteiger partial charge on any atom is -0.369 e. The van der Waals surface area contributed by atoms with Gasteiger partial charge in [-0.2, -0.15) is 0 Å². The zero-order valence-corrected chi connectivity index (χ0v) is 14.0. The number of carbonyl (C=O) groups is 1. The molecule has 2 aromatic carbocycles. The molecule has 3 nitrogen and oxygen atoms in total. The average molecular weight is 298 g/mol. The van der Waals surface area contributed by atoms with Crippen LogP contribution in [0, 0.1) is 5.92 Å². The molecule has 0 radical (unpaired) electrons. The van der Waals surface area contributed by atoms with Crippen molar-refractivity contribution in [2.75, 3.05) is 20.6 Å². The lowest BCUT2D eigenvalue weighted by molar-refractivity contribution is -0.125. The Morgan fingerprint density at radius 2 is 1.77 bits per heavy atom. The molecule has 22 heavy (non-hydrogen) atoms. The fourth-order valence-electron chi connectivity index (χ4n) is 3.29. The largest absolute Gasteiger partial charge is 0.369 e. The van der Waals surface area contributed by atoms with Crippen LogP contribution in [-0.4, -0.2) is 31.4 Å². The molecule has 0 aromatic heterocycles. The SMILES string of the molecule is CC(C)[C@](CCN(C)C)(C(N)=O)c1cccc2ccccc12. The van der Waals surface area contributed by atoms with E-state index in [4.69, 9.17) is 5.73 Å². The van der Waals surface area contributed by atoms with Crippen LogP contribution in [0.15, 0.2) is 42.5 Å². The molecule has 2 aromatic rings. The van der Waals surface area contributed by atoms with Crippen molar-refractivity contribution in [2.24, 2.45) is 11.7 Å². The summed E-state index contributed by atoms with van der Waals surface area (Å²) in [6.45, 7) is 4.99. The molecule has 0 saturated heterocycles. The van der Waals surface area contributed by atoms with E-state index in [-0.39, 0.29) is 11.8 Å². The molecule has 0 saturated carbocycles. The van der Waals surface area contributed by atoms with Crippen LogP contribution >= 0.6 is 0 Å². The molecule has 0 aliphatic carbocycles. The van der Waals surface area contributed by atoms with Gasteiger partial charge in [-0.25, -0.2) is 0 Å². The normalized spacial score (nSPS) is 14.5. The molecule has 1 amide bonds. The van der Waals surface area contributed by atoms with E-state index in [9.17, 15) is 4.79 Å². The molecule has 0 spiro atoms. The van der Waals surface area contributed by atoms with Crippen molar-refractivity contribution in [2.45, 2.75) is 25.7 Å². The van der Waals surface area contributed by atoms with E-state index in [0.717, 1.165) is 29.3 Å². The number of nitrogens with zero attached hydrogens (tertiary/aromatic N) is 1. The minimum atomic E-state index is -0.648. The molecule has 0 aliphatic rings. The highest BCUT2D eigenvalue weighted by molar-refractivity contribution is 5.95. The van der Waals surface area contributed by atoms with Gasteiger partial charge in [0.15, 0.2) is 0 Å². The van der Waals surface area contributed by atoms with Crippen molar-refractivity contribution in [3.8, 4) is 0 Å². The number of carbonyl (C=O) groups excluding carboxylic acids is 1. The Morgan fingerprint density at radius 1 is 1.14 bits per heavy atom. The van der Waals surface area contributed by atoms with Crippen LogP contribution in [0.5, 0.6) is 0 Å². The van der Waals surface area contributed by atoms with Gasteiger partial charge in [-0.1, -0.05) is 56.3 Å². The molecule has 2 rings (SSSR count). The highest BCUT2D eigenvalue weighted by Gasteiger charge is 2.42.